The summed E-state index contributed by atoms with van der Waals surface area (Å²) in [4.78, 5) is 25.3. The lowest BCUT2D eigenvalue weighted by molar-refractivity contribution is -0.131. The molecule has 0 aromatic heterocycles. The number of nitrogens with two attached hydrogens (primary N) is 1. The van der Waals surface area contributed by atoms with Gasteiger partial charge in [-0.2, -0.15) is 0 Å². The average Bonchev–Trinajstić information content (AvgIpc) is 2.74. The van der Waals surface area contributed by atoms with Crippen molar-refractivity contribution in [3.05, 3.63) is 24.0 Å². The van der Waals surface area contributed by atoms with Gasteiger partial charge >= 0.3 is 0 Å². The van der Waals surface area contributed by atoms with E-state index in [-0.39, 0.29) is 18.1 Å². The Morgan fingerprint density at radius 2 is 2.29 bits per heavy atom. The number of rotatable bonds is 5. The molecule has 1 fully saturated rings. The average molecular weight is 293 g/mol. The zero-order valence-electron chi connectivity index (χ0n) is 12.1. The smallest absolute Gasteiger partial charge is 0.244 e. The number of nitrogen functional groups attached to an aromatic ring is 1. The molecule has 0 radical (unpaired) electrons. The van der Waals surface area contributed by atoms with E-state index >= 15 is 0 Å². The van der Waals surface area contributed by atoms with Crippen molar-refractivity contribution in [2.75, 3.05) is 24.1 Å². The SMILES string of the molecule is CCCC1CC(=O)N(CC(=O)Nc2cc(N)ccc2F)C1. The maximum atomic E-state index is 13.5. The summed E-state index contributed by atoms with van der Waals surface area (Å²) in [5, 5.41) is 2.46. The molecule has 0 saturated carbocycles. The third kappa shape index (κ3) is 3.93. The van der Waals surface area contributed by atoms with Gasteiger partial charge in [-0.1, -0.05) is 13.3 Å². The van der Waals surface area contributed by atoms with Crippen molar-refractivity contribution in [3.63, 3.8) is 0 Å². The summed E-state index contributed by atoms with van der Waals surface area (Å²) in [5.41, 5.74) is 5.96. The largest absolute Gasteiger partial charge is 0.399 e. The number of halogens is 1. The highest BCUT2D eigenvalue weighted by molar-refractivity contribution is 5.95. The van der Waals surface area contributed by atoms with Gasteiger partial charge in [0.05, 0.1) is 12.2 Å². The third-order valence-electron chi connectivity index (χ3n) is 3.59. The van der Waals surface area contributed by atoms with E-state index in [2.05, 4.69) is 12.2 Å². The monoisotopic (exact) mass is 293 g/mol. The lowest BCUT2D eigenvalue weighted by Crippen LogP contribution is -2.34. The summed E-state index contributed by atoms with van der Waals surface area (Å²) in [6.07, 6.45) is 2.49. The number of nitrogens with zero attached hydrogens (tertiary/aromatic N) is 1. The summed E-state index contributed by atoms with van der Waals surface area (Å²) in [6.45, 7) is 2.62. The van der Waals surface area contributed by atoms with Crippen LogP contribution in [0.25, 0.3) is 0 Å². The van der Waals surface area contributed by atoms with Crippen LogP contribution in [0.15, 0.2) is 18.2 Å². The van der Waals surface area contributed by atoms with Crippen LogP contribution in [0.5, 0.6) is 0 Å². The van der Waals surface area contributed by atoms with E-state index in [9.17, 15) is 14.0 Å². The summed E-state index contributed by atoms with van der Waals surface area (Å²) >= 11 is 0. The van der Waals surface area contributed by atoms with Gasteiger partial charge in [0.2, 0.25) is 11.8 Å². The predicted molar refractivity (Wildman–Crippen MR) is 79.0 cm³/mol. The van der Waals surface area contributed by atoms with E-state index in [1.165, 1.54) is 23.1 Å². The molecule has 6 heteroatoms. The molecule has 1 aromatic rings. The number of anilines is 2. The molecule has 1 aliphatic heterocycles. The Morgan fingerprint density at radius 1 is 1.52 bits per heavy atom. The fourth-order valence-electron chi connectivity index (χ4n) is 2.61. The maximum absolute atomic E-state index is 13.5. The first-order valence-electron chi connectivity index (χ1n) is 7.12. The van der Waals surface area contributed by atoms with Crippen LogP contribution >= 0.6 is 0 Å². The molecule has 2 rings (SSSR count). The summed E-state index contributed by atoms with van der Waals surface area (Å²) in [6, 6.07) is 3.98. The van der Waals surface area contributed by atoms with Crippen molar-refractivity contribution in [1.29, 1.82) is 0 Å². The van der Waals surface area contributed by atoms with Crippen LogP contribution in [0.3, 0.4) is 0 Å². The van der Waals surface area contributed by atoms with Gasteiger partial charge in [-0.3, -0.25) is 9.59 Å². The molecule has 21 heavy (non-hydrogen) atoms. The predicted octanol–water partition coefficient (Wildman–Crippen LogP) is 1.99. The molecule has 5 nitrogen and oxygen atoms in total. The van der Waals surface area contributed by atoms with Gasteiger partial charge < -0.3 is 16.0 Å². The van der Waals surface area contributed by atoms with Crippen LogP contribution in [0.2, 0.25) is 0 Å². The van der Waals surface area contributed by atoms with Crippen molar-refractivity contribution in [1.82, 2.24) is 4.90 Å². The molecule has 114 valence electrons. The Balaban J connectivity index is 1.93. The highest BCUT2D eigenvalue weighted by Gasteiger charge is 2.30. The Labute approximate surface area is 123 Å². The van der Waals surface area contributed by atoms with Gasteiger partial charge in [0.25, 0.3) is 0 Å². The maximum Gasteiger partial charge on any atom is 0.244 e. The van der Waals surface area contributed by atoms with Crippen LogP contribution in [0.4, 0.5) is 15.8 Å². The van der Waals surface area contributed by atoms with Crippen molar-refractivity contribution < 1.29 is 14.0 Å². The second kappa shape index (κ2) is 6.56. The van der Waals surface area contributed by atoms with Gasteiger partial charge in [-0.15, -0.1) is 0 Å². The molecule has 1 saturated heterocycles. The van der Waals surface area contributed by atoms with Gasteiger partial charge in [-0.25, -0.2) is 4.39 Å². The highest BCUT2D eigenvalue weighted by atomic mass is 19.1. The third-order valence-corrected chi connectivity index (χ3v) is 3.59. The molecule has 1 aliphatic rings. The molecule has 3 N–H and O–H groups in total. The van der Waals surface area contributed by atoms with Crippen molar-refractivity contribution in [3.8, 4) is 0 Å². The first-order chi connectivity index (χ1) is 9.99. The molecule has 0 bridgehead atoms. The Bertz CT molecular complexity index is 548. The number of likely N-dealkylation sites (tertiary alicyclic amines) is 1. The molecule has 2 amide bonds. The fraction of sp³-hybridized carbons (Fsp3) is 0.467. The quantitative estimate of drug-likeness (QED) is 0.815. The highest BCUT2D eigenvalue weighted by Crippen LogP contribution is 2.22. The standard InChI is InChI=1S/C15H20FN3O2/c1-2-3-10-6-15(21)19(8-10)9-14(20)18-13-7-11(17)4-5-12(13)16/h4-5,7,10H,2-3,6,8-9,17H2,1H3,(H,18,20). The number of hydrogen-bond acceptors (Lipinski definition) is 3. The first-order valence-corrected chi connectivity index (χ1v) is 7.12. The lowest BCUT2D eigenvalue weighted by atomic mass is 10.0. The lowest BCUT2D eigenvalue weighted by Gasteiger charge is -2.16. The second-order valence-corrected chi connectivity index (χ2v) is 5.42. The van der Waals surface area contributed by atoms with Crippen molar-refractivity contribution in [2.45, 2.75) is 26.2 Å². The Hall–Kier alpha value is -2.11. The van der Waals surface area contributed by atoms with Gasteiger partial charge in [0, 0.05) is 18.7 Å². The molecule has 1 heterocycles. The topological polar surface area (TPSA) is 75.4 Å². The van der Waals surface area contributed by atoms with E-state index in [0.717, 1.165) is 12.8 Å². The summed E-state index contributed by atoms with van der Waals surface area (Å²) < 4.78 is 13.5. The normalized spacial score (nSPS) is 18.1. The number of carbonyl (C=O) groups is 2. The van der Waals surface area contributed by atoms with E-state index in [1.54, 1.807) is 0 Å². The van der Waals surface area contributed by atoms with Gasteiger partial charge in [0.15, 0.2) is 0 Å². The zero-order valence-corrected chi connectivity index (χ0v) is 12.1. The van der Waals surface area contributed by atoms with E-state index in [0.29, 0.717) is 24.6 Å². The number of amides is 2. The minimum Gasteiger partial charge on any atom is -0.399 e. The van der Waals surface area contributed by atoms with E-state index < -0.39 is 11.7 Å². The number of nitrogens with one attached hydrogen (secondary N) is 1. The molecule has 0 spiro atoms. The van der Waals surface area contributed by atoms with Gasteiger partial charge in [-0.05, 0) is 30.5 Å². The number of benzene rings is 1. The Kier molecular flexibility index (Phi) is 4.77. The second-order valence-electron chi connectivity index (χ2n) is 5.42. The minimum absolute atomic E-state index is 0.0170. The summed E-state index contributed by atoms with van der Waals surface area (Å²) in [7, 11) is 0. The molecule has 1 atom stereocenters. The summed E-state index contributed by atoms with van der Waals surface area (Å²) in [5.74, 6) is -0.657. The van der Waals surface area contributed by atoms with Crippen molar-refractivity contribution >= 4 is 23.2 Å². The van der Waals surface area contributed by atoms with Crippen LogP contribution in [-0.4, -0.2) is 29.8 Å². The fourth-order valence-corrected chi connectivity index (χ4v) is 2.61. The number of hydrogen-bond donors (Lipinski definition) is 2. The molecular formula is C15H20FN3O2. The molecular weight excluding hydrogens is 273 g/mol. The minimum atomic E-state index is -0.547. The van der Waals surface area contributed by atoms with Crippen molar-refractivity contribution in [2.24, 2.45) is 5.92 Å². The molecule has 0 aliphatic carbocycles. The van der Waals surface area contributed by atoms with Crippen LogP contribution in [-0.2, 0) is 9.59 Å². The number of carbonyl (C=O) groups excluding carboxylic acids is 2. The molecule has 1 aromatic carbocycles. The van der Waals surface area contributed by atoms with E-state index in [1.807, 2.05) is 0 Å². The van der Waals surface area contributed by atoms with Crippen LogP contribution in [0.1, 0.15) is 26.2 Å². The van der Waals surface area contributed by atoms with Crippen LogP contribution < -0.4 is 11.1 Å². The van der Waals surface area contributed by atoms with E-state index in [4.69, 9.17) is 5.73 Å². The Morgan fingerprint density at radius 3 is 3.00 bits per heavy atom. The molecule has 1 unspecified atom stereocenters. The van der Waals surface area contributed by atoms with Gasteiger partial charge in [0.1, 0.15) is 5.82 Å². The first kappa shape index (κ1) is 15.3. The zero-order chi connectivity index (χ0) is 15.4. The van der Waals surface area contributed by atoms with Crippen LogP contribution in [0, 0.1) is 11.7 Å².